The highest BCUT2D eigenvalue weighted by Crippen LogP contribution is 2.23. The van der Waals surface area contributed by atoms with Crippen molar-refractivity contribution < 1.29 is 13.6 Å². The van der Waals surface area contributed by atoms with Crippen molar-refractivity contribution in [1.29, 1.82) is 0 Å². The van der Waals surface area contributed by atoms with E-state index in [1.165, 1.54) is 0 Å². The van der Waals surface area contributed by atoms with Crippen molar-refractivity contribution in [3.8, 4) is 0 Å². The standard InChI is InChI=1S/C9H5ClF2O/c10-9-6(2-1-5-13)7(11)3-4-8(9)12/h1-5H. The summed E-state index contributed by atoms with van der Waals surface area (Å²) in [5.74, 6) is -1.38. The molecule has 0 saturated heterocycles. The number of aldehydes is 1. The molecule has 13 heavy (non-hydrogen) atoms. The predicted octanol–water partition coefficient (Wildman–Crippen LogP) is 2.83. The summed E-state index contributed by atoms with van der Waals surface area (Å²) in [4.78, 5) is 9.94. The highest BCUT2D eigenvalue weighted by Gasteiger charge is 2.08. The molecular weight excluding hydrogens is 198 g/mol. The zero-order valence-electron chi connectivity index (χ0n) is 6.43. The number of carbonyl (C=O) groups is 1. The van der Waals surface area contributed by atoms with Gasteiger partial charge in [-0.2, -0.15) is 0 Å². The van der Waals surface area contributed by atoms with Crippen LogP contribution >= 0.6 is 11.6 Å². The van der Waals surface area contributed by atoms with Crippen molar-refractivity contribution in [3.63, 3.8) is 0 Å². The number of rotatable bonds is 2. The van der Waals surface area contributed by atoms with Gasteiger partial charge in [-0.25, -0.2) is 8.78 Å². The molecule has 0 amide bonds. The fourth-order valence-corrected chi connectivity index (χ4v) is 1.05. The van der Waals surface area contributed by atoms with Crippen LogP contribution in [0, 0.1) is 11.6 Å². The third-order valence-electron chi connectivity index (χ3n) is 1.42. The number of hydrogen-bond acceptors (Lipinski definition) is 1. The average molecular weight is 203 g/mol. The summed E-state index contributed by atoms with van der Waals surface area (Å²) in [6, 6.07) is 1.88. The lowest BCUT2D eigenvalue weighted by atomic mass is 10.2. The number of benzene rings is 1. The van der Waals surface area contributed by atoms with Gasteiger partial charge in [-0.1, -0.05) is 11.6 Å². The molecule has 0 atom stereocenters. The van der Waals surface area contributed by atoms with E-state index in [0.717, 1.165) is 24.3 Å². The molecule has 0 unspecified atom stereocenters. The SMILES string of the molecule is O=CC=Cc1c(F)ccc(F)c1Cl. The summed E-state index contributed by atoms with van der Waals surface area (Å²) in [5, 5.41) is -0.321. The highest BCUT2D eigenvalue weighted by atomic mass is 35.5. The Morgan fingerprint density at radius 1 is 1.23 bits per heavy atom. The molecule has 1 aromatic carbocycles. The lowest BCUT2D eigenvalue weighted by Gasteiger charge is -2.00. The van der Waals surface area contributed by atoms with Crippen molar-refractivity contribution in [2.75, 3.05) is 0 Å². The zero-order valence-corrected chi connectivity index (χ0v) is 7.18. The summed E-state index contributed by atoms with van der Waals surface area (Å²) >= 11 is 5.45. The maximum atomic E-state index is 12.9. The van der Waals surface area contributed by atoms with Crippen LogP contribution in [0.4, 0.5) is 8.78 Å². The lowest BCUT2D eigenvalue weighted by Crippen LogP contribution is -1.87. The normalized spacial score (nSPS) is 10.7. The summed E-state index contributed by atoms with van der Waals surface area (Å²) in [5.41, 5.74) is -0.117. The van der Waals surface area contributed by atoms with Gasteiger partial charge in [0.15, 0.2) is 0 Å². The topological polar surface area (TPSA) is 17.1 Å². The fourth-order valence-electron chi connectivity index (χ4n) is 0.831. The molecule has 0 fully saturated rings. The van der Waals surface area contributed by atoms with Gasteiger partial charge < -0.3 is 0 Å². The Hall–Kier alpha value is -1.22. The molecule has 1 aromatic rings. The second-order valence-electron chi connectivity index (χ2n) is 2.25. The molecule has 68 valence electrons. The second-order valence-corrected chi connectivity index (χ2v) is 2.63. The average Bonchev–Trinajstić information content (AvgIpc) is 2.12. The maximum Gasteiger partial charge on any atom is 0.142 e. The third kappa shape index (κ3) is 2.12. The van der Waals surface area contributed by atoms with Crippen LogP contribution in [0.3, 0.4) is 0 Å². The minimum Gasteiger partial charge on any atom is -0.299 e. The minimum atomic E-state index is -0.714. The summed E-state index contributed by atoms with van der Waals surface area (Å²) in [6.45, 7) is 0. The van der Waals surface area contributed by atoms with E-state index in [0.29, 0.717) is 6.29 Å². The van der Waals surface area contributed by atoms with E-state index in [4.69, 9.17) is 11.6 Å². The van der Waals surface area contributed by atoms with Gasteiger partial charge in [0.1, 0.15) is 17.9 Å². The van der Waals surface area contributed by atoms with Crippen molar-refractivity contribution in [2.24, 2.45) is 0 Å². The van der Waals surface area contributed by atoms with Gasteiger partial charge in [-0.3, -0.25) is 4.79 Å². The van der Waals surface area contributed by atoms with Crippen molar-refractivity contribution in [3.05, 3.63) is 40.4 Å². The molecule has 0 aliphatic carbocycles. The Morgan fingerprint density at radius 2 is 1.85 bits per heavy atom. The van der Waals surface area contributed by atoms with Gasteiger partial charge in [-0.05, 0) is 24.3 Å². The van der Waals surface area contributed by atoms with Crippen LogP contribution in [-0.4, -0.2) is 6.29 Å². The number of allylic oxidation sites excluding steroid dienone is 1. The van der Waals surface area contributed by atoms with Crippen LogP contribution in [0.25, 0.3) is 6.08 Å². The molecule has 4 heteroatoms. The van der Waals surface area contributed by atoms with E-state index in [-0.39, 0.29) is 10.6 Å². The smallest absolute Gasteiger partial charge is 0.142 e. The molecular formula is C9H5ClF2O. The summed E-state index contributed by atoms with van der Waals surface area (Å²) < 4.78 is 25.7. The Morgan fingerprint density at radius 3 is 2.46 bits per heavy atom. The largest absolute Gasteiger partial charge is 0.299 e. The van der Waals surface area contributed by atoms with Crippen LogP contribution in [-0.2, 0) is 4.79 Å². The summed E-state index contributed by atoms with van der Waals surface area (Å²) in [6.07, 6.45) is 2.62. The first-order valence-electron chi connectivity index (χ1n) is 3.42. The van der Waals surface area contributed by atoms with Crippen molar-refractivity contribution >= 4 is 24.0 Å². The molecule has 0 aliphatic rings. The third-order valence-corrected chi connectivity index (χ3v) is 1.81. The van der Waals surface area contributed by atoms with Gasteiger partial charge in [0.25, 0.3) is 0 Å². The van der Waals surface area contributed by atoms with Crippen LogP contribution in [0.2, 0.25) is 5.02 Å². The highest BCUT2D eigenvalue weighted by molar-refractivity contribution is 6.32. The molecule has 0 saturated carbocycles. The van der Waals surface area contributed by atoms with E-state index in [9.17, 15) is 13.6 Å². The molecule has 0 heterocycles. The molecule has 0 aliphatic heterocycles. The van der Waals surface area contributed by atoms with E-state index in [1.54, 1.807) is 0 Å². The second kappa shape index (κ2) is 4.14. The quantitative estimate of drug-likeness (QED) is 0.410. The molecule has 1 rings (SSSR count). The Balaban J connectivity index is 3.25. The number of halogens is 3. The lowest BCUT2D eigenvalue weighted by molar-refractivity contribution is -0.104. The minimum absolute atomic E-state index is 0.117. The molecule has 0 spiro atoms. The van der Waals surface area contributed by atoms with Crippen LogP contribution < -0.4 is 0 Å². The van der Waals surface area contributed by atoms with Crippen molar-refractivity contribution in [1.82, 2.24) is 0 Å². The fraction of sp³-hybridized carbons (Fsp3) is 0. The van der Waals surface area contributed by atoms with Crippen LogP contribution in [0.5, 0.6) is 0 Å². The summed E-state index contributed by atoms with van der Waals surface area (Å²) in [7, 11) is 0. The van der Waals surface area contributed by atoms with Crippen molar-refractivity contribution in [2.45, 2.75) is 0 Å². The first-order valence-corrected chi connectivity index (χ1v) is 3.80. The monoisotopic (exact) mass is 202 g/mol. The Labute approximate surface area is 78.6 Å². The zero-order chi connectivity index (χ0) is 9.84. The molecule has 0 radical (unpaired) electrons. The van der Waals surface area contributed by atoms with Crippen LogP contribution in [0.15, 0.2) is 18.2 Å². The van der Waals surface area contributed by atoms with Gasteiger partial charge in [0.05, 0.1) is 5.02 Å². The maximum absolute atomic E-state index is 12.9. The van der Waals surface area contributed by atoms with E-state index >= 15 is 0 Å². The Bertz CT molecular complexity index is 361. The van der Waals surface area contributed by atoms with Crippen LogP contribution in [0.1, 0.15) is 5.56 Å². The molecule has 1 nitrogen and oxygen atoms in total. The van der Waals surface area contributed by atoms with E-state index < -0.39 is 11.6 Å². The first kappa shape index (κ1) is 9.86. The van der Waals surface area contributed by atoms with Gasteiger partial charge in [-0.15, -0.1) is 0 Å². The predicted molar refractivity (Wildman–Crippen MR) is 46.5 cm³/mol. The molecule has 0 bridgehead atoms. The molecule has 0 aromatic heterocycles. The van der Waals surface area contributed by atoms with Gasteiger partial charge in [0, 0.05) is 5.56 Å². The van der Waals surface area contributed by atoms with E-state index in [1.807, 2.05) is 0 Å². The number of hydrogen-bond donors (Lipinski definition) is 0. The van der Waals surface area contributed by atoms with Gasteiger partial charge >= 0.3 is 0 Å². The Kier molecular flexibility index (Phi) is 3.14. The molecule has 0 N–H and O–H groups in total. The first-order chi connectivity index (χ1) is 6.16. The number of carbonyl (C=O) groups excluding carboxylic acids is 1. The van der Waals surface area contributed by atoms with E-state index in [2.05, 4.69) is 0 Å². The van der Waals surface area contributed by atoms with Gasteiger partial charge in [0.2, 0.25) is 0 Å².